The molecule has 0 spiro atoms. The molecule has 1 nitrogen and oxygen atoms in total. The van der Waals surface area contributed by atoms with Gasteiger partial charge in [-0.2, -0.15) is 0 Å². The molecule has 2 aromatic rings. The normalized spacial score (nSPS) is 13.8. The molecule has 1 atom stereocenters. The first kappa shape index (κ1) is 15.5. The SMILES string of the molecule is CCNC(CCC(C)(C)C)c1cc2cc(F)ccc2s1. The lowest BCUT2D eigenvalue weighted by atomic mass is 9.88. The molecule has 0 saturated carbocycles. The van der Waals surface area contributed by atoms with E-state index >= 15 is 0 Å². The highest BCUT2D eigenvalue weighted by molar-refractivity contribution is 7.19. The monoisotopic (exact) mass is 293 g/mol. The number of hydrogen-bond donors (Lipinski definition) is 1. The van der Waals surface area contributed by atoms with Gasteiger partial charge in [0.25, 0.3) is 0 Å². The van der Waals surface area contributed by atoms with E-state index in [2.05, 4.69) is 39.1 Å². The van der Waals surface area contributed by atoms with Crippen molar-refractivity contribution in [2.45, 2.75) is 46.6 Å². The number of halogens is 1. The van der Waals surface area contributed by atoms with Crippen LogP contribution < -0.4 is 5.32 Å². The third-order valence-corrected chi connectivity index (χ3v) is 4.70. The summed E-state index contributed by atoms with van der Waals surface area (Å²) in [4.78, 5) is 1.32. The van der Waals surface area contributed by atoms with E-state index in [0.717, 1.165) is 18.4 Å². The summed E-state index contributed by atoms with van der Waals surface area (Å²) < 4.78 is 14.5. The maximum Gasteiger partial charge on any atom is 0.123 e. The first-order valence-corrected chi connectivity index (χ1v) is 8.13. The van der Waals surface area contributed by atoms with E-state index in [1.165, 1.54) is 16.0 Å². The zero-order valence-electron chi connectivity index (χ0n) is 12.8. The van der Waals surface area contributed by atoms with Crippen LogP contribution in [0.15, 0.2) is 24.3 Å². The Morgan fingerprint density at radius 3 is 2.65 bits per heavy atom. The van der Waals surface area contributed by atoms with Crippen LogP contribution in [0.5, 0.6) is 0 Å². The van der Waals surface area contributed by atoms with Crippen molar-refractivity contribution in [2.24, 2.45) is 5.41 Å². The van der Waals surface area contributed by atoms with Crippen LogP contribution in [0.4, 0.5) is 4.39 Å². The second-order valence-electron chi connectivity index (χ2n) is 6.54. The first-order chi connectivity index (χ1) is 9.39. The number of benzene rings is 1. The van der Waals surface area contributed by atoms with Crippen molar-refractivity contribution in [2.75, 3.05) is 6.54 Å². The fourth-order valence-electron chi connectivity index (χ4n) is 2.38. The minimum absolute atomic E-state index is 0.156. The highest BCUT2D eigenvalue weighted by Crippen LogP contribution is 2.34. The number of thiophene rings is 1. The Balaban J connectivity index is 2.22. The van der Waals surface area contributed by atoms with Crippen molar-refractivity contribution in [3.05, 3.63) is 35.0 Å². The molecule has 1 N–H and O–H groups in total. The predicted octanol–water partition coefficient (Wildman–Crippen LogP) is 5.52. The third kappa shape index (κ3) is 4.03. The van der Waals surface area contributed by atoms with Gasteiger partial charge in [-0.1, -0.05) is 27.7 Å². The van der Waals surface area contributed by atoms with Crippen LogP contribution in [0.1, 0.15) is 51.5 Å². The van der Waals surface area contributed by atoms with Crippen molar-refractivity contribution in [3.63, 3.8) is 0 Å². The molecule has 1 heterocycles. The molecule has 0 saturated heterocycles. The van der Waals surface area contributed by atoms with E-state index in [9.17, 15) is 4.39 Å². The summed E-state index contributed by atoms with van der Waals surface area (Å²) >= 11 is 1.78. The van der Waals surface area contributed by atoms with Gasteiger partial charge in [0.15, 0.2) is 0 Å². The zero-order chi connectivity index (χ0) is 14.8. The fourth-order valence-corrected chi connectivity index (χ4v) is 3.53. The summed E-state index contributed by atoms with van der Waals surface area (Å²) in [5.74, 6) is -0.156. The molecule has 20 heavy (non-hydrogen) atoms. The Hall–Kier alpha value is -0.930. The van der Waals surface area contributed by atoms with Crippen molar-refractivity contribution < 1.29 is 4.39 Å². The van der Waals surface area contributed by atoms with Crippen LogP contribution in [0.2, 0.25) is 0 Å². The lowest BCUT2D eigenvalue weighted by Gasteiger charge is -2.23. The van der Waals surface area contributed by atoms with Gasteiger partial charge in [0.1, 0.15) is 5.82 Å². The van der Waals surface area contributed by atoms with Gasteiger partial charge >= 0.3 is 0 Å². The van der Waals surface area contributed by atoms with Gasteiger partial charge in [-0.15, -0.1) is 11.3 Å². The Morgan fingerprint density at radius 1 is 1.25 bits per heavy atom. The first-order valence-electron chi connectivity index (χ1n) is 7.31. The molecule has 110 valence electrons. The van der Waals surface area contributed by atoms with Crippen molar-refractivity contribution in [1.29, 1.82) is 0 Å². The van der Waals surface area contributed by atoms with Gasteiger partial charge in [0.05, 0.1) is 0 Å². The number of rotatable bonds is 5. The molecule has 0 radical (unpaired) electrons. The molecule has 3 heteroatoms. The lowest BCUT2D eigenvalue weighted by Crippen LogP contribution is -2.21. The highest BCUT2D eigenvalue weighted by atomic mass is 32.1. The summed E-state index contributed by atoms with van der Waals surface area (Å²) in [5, 5.41) is 4.58. The zero-order valence-corrected chi connectivity index (χ0v) is 13.6. The lowest BCUT2D eigenvalue weighted by molar-refractivity contribution is 0.335. The standard InChI is InChI=1S/C17H24FNS/c1-5-19-14(8-9-17(2,3)4)16-11-12-10-13(18)6-7-15(12)20-16/h6-7,10-11,14,19H,5,8-9H2,1-4H3. The summed E-state index contributed by atoms with van der Waals surface area (Å²) in [6, 6.07) is 7.56. The second kappa shape index (κ2) is 6.23. The van der Waals surface area contributed by atoms with Crippen LogP contribution in [-0.2, 0) is 0 Å². The minimum Gasteiger partial charge on any atom is -0.310 e. The molecule has 0 aliphatic heterocycles. The van der Waals surface area contributed by atoms with E-state index in [1.54, 1.807) is 23.5 Å². The van der Waals surface area contributed by atoms with E-state index in [0.29, 0.717) is 11.5 Å². The Bertz CT molecular complexity index is 568. The summed E-state index contributed by atoms with van der Waals surface area (Å²) in [6.45, 7) is 9.91. The highest BCUT2D eigenvalue weighted by Gasteiger charge is 2.18. The van der Waals surface area contributed by atoms with Gasteiger partial charge in [-0.25, -0.2) is 4.39 Å². The maximum atomic E-state index is 13.3. The van der Waals surface area contributed by atoms with Gasteiger partial charge in [-0.3, -0.25) is 0 Å². The molecule has 1 unspecified atom stereocenters. The molecule has 0 amide bonds. The predicted molar refractivity (Wildman–Crippen MR) is 86.9 cm³/mol. The van der Waals surface area contributed by atoms with Crippen LogP contribution >= 0.6 is 11.3 Å². The minimum atomic E-state index is -0.156. The van der Waals surface area contributed by atoms with Gasteiger partial charge < -0.3 is 5.32 Å². The number of hydrogen-bond acceptors (Lipinski definition) is 2. The fraction of sp³-hybridized carbons (Fsp3) is 0.529. The Morgan fingerprint density at radius 2 is 2.00 bits per heavy atom. The number of nitrogens with one attached hydrogen (secondary N) is 1. The molecule has 0 bridgehead atoms. The van der Waals surface area contributed by atoms with Crippen molar-refractivity contribution in [1.82, 2.24) is 5.32 Å². The topological polar surface area (TPSA) is 12.0 Å². The summed E-state index contributed by atoms with van der Waals surface area (Å²) in [6.07, 6.45) is 2.29. The van der Waals surface area contributed by atoms with E-state index < -0.39 is 0 Å². The van der Waals surface area contributed by atoms with Crippen molar-refractivity contribution in [3.8, 4) is 0 Å². The Labute approximate surface area is 125 Å². The van der Waals surface area contributed by atoms with Gasteiger partial charge in [0.2, 0.25) is 0 Å². The van der Waals surface area contributed by atoms with E-state index in [4.69, 9.17) is 0 Å². The average Bonchev–Trinajstić information content (AvgIpc) is 2.75. The van der Waals surface area contributed by atoms with Crippen LogP contribution in [0, 0.1) is 11.2 Å². The van der Waals surface area contributed by atoms with Crippen LogP contribution in [0.3, 0.4) is 0 Å². The number of fused-ring (bicyclic) bond motifs is 1. The van der Waals surface area contributed by atoms with Gasteiger partial charge in [-0.05, 0) is 54.5 Å². The third-order valence-electron chi connectivity index (χ3n) is 3.47. The summed E-state index contributed by atoms with van der Waals surface area (Å²) in [5.41, 5.74) is 0.344. The molecule has 0 fully saturated rings. The maximum absolute atomic E-state index is 13.3. The molecular formula is C17H24FNS. The van der Waals surface area contributed by atoms with E-state index in [-0.39, 0.29) is 5.82 Å². The van der Waals surface area contributed by atoms with Crippen LogP contribution in [-0.4, -0.2) is 6.54 Å². The average molecular weight is 293 g/mol. The molecule has 1 aromatic carbocycles. The quantitative estimate of drug-likeness (QED) is 0.765. The molecular weight excluding hydrogens is 269 g/mol. The van der Waals surface area contributed by atoms with Crippen molar-refractivity contribution >= 4 is 21.4 Å². The van der Waals surface area contributed by atoms with Crippen LogP contribution in [0.25, 0.3) is 10.1 Å². The largest absolute Gasteiger partial charge is 0.310 e. The Kier molecular flexibility index (Phi) is 4.82. The molecule has 0 aliphatic rings. The smallest absolute Gasteiger partial charge is 0.123 e. The molecule has 2 rings (SSSR count). The van der Waals surface area contributed by atoms with Gasteiger partial charge in [0, 0.05) is 15.6 Å². The van der Waals surface area contributed by atoms with E-state index in [1.807, 2.05) is 6.07 Å². The molecule has 1 aromatic heterocycles. The molecule has 0 aliphatic carbocycles. The summed E-state index contributed by atoms with van der Waals surface area (Å²) in [7, 11) is 0. The second-order valence-corrected chi connectivity index (χ2v) is 7.66.